The van der Waals surface area contributed by atoms with Gasteiger partial charge in [-0.05, 0) is 38.0 Å². The van der Waals surface area contributed by atoms with Crippen LogP contribution in [0, 0.1) is 0 Å². The summed E-state index contributed by atoms with van der Waals surface area (Å²) in [5, 5.41) is 0. The molecule has 6 nitrogen and oxygen atoms in total. The normalized spacial score (nSPS) is 16.0. The average Bonchev–Trinajstić information content (AvgIpc) is 2.91. The number of nitrogens with two attached hydrogens (primary N) is 1. The quantitative estimate of drug-likeness (QED) is 0.829. The molecule has 2 rings (SSSR count). The van der Waals surface area contributed by atoms with Gasteiger partial charge in [0.2, 0.25) is 10.0 Å². The molecule has 0 atom stereocenters. The summed E-state index contributed by atoms with van der Waals surface area (Å²) in [6.07, 6.45) is 3.75. The van der Waals surface area contributed by atoms with E-state index in [1.54, 1.807) is 6.92 Å². The van der Waals surface area contributed by atoms with E-state index >= 15 is 0 Å². The predicted octanol–water partition coefficient (Wildman–Crippen LogP) is 1.41. The molecule has 7 heteroatoms. The van der Waals surface area contributed by atoms with Crippen molar-refractivity contribution in [3.63, 3.8) is 0 Å². The maximum Gasteiger partial charge on any atom is 0.252 e. The van der Waals surface area contributed by atoms with Crippen LogP contribution >= 0.6 is 0 Å². The number of amides is 1. The van der Waals surface area contributed by atoms with Gasteiger partial charge in [-0.15, -0.1) is 0 Å². The molecule has 1 aromatic carbocycles. The van der Waals surface area contributed by atoms with E-state index in [1.807, 2.05) is 0 Å². The third-order valence-corrected chi connectivity index (χ3v) is 5.02. The Morgan fingerprint density at radius 1 is 1.38 bits per heavy atom. The standard InChI is InChI=1S/C14H20N2O4S/c1-2-20-13-8-7-11(9-12(13)14(15)17)21(18,19)16-10-5-3-4-6-10/h7-10,16H,2-6H2,1H3,(H2,15,17). The Bertz CT molecular complexity index is 622. The molecule has 0 aromatic heterocycles. The van der Waals surface area contributed by atoms with Gasteiger partial charge in [0.05, 0.1) is 17.1 Å². The monoisotopic (exact) mass is 312 g/mol. The molecule has 0 saturated heterocycles. The second-order valence-corrected chi connectivity index (χ2v) is 6.77. The zero-order valence-electron chi connectivity index (χ0n) is 12.0. The summed E-state index contributed by atoms with van der Waals surface area (Å²) in [6, 6.07) is 4.13. The molecule has 1 saturated carbocycles. The molecule has 0 bridgehead atoms. The van der Waals surface area contributed by atoms with Gasteiger partial charge in [-0.2, -0.15) is 0 Å². The fourth-order valence-corrected chi connectivity index (χ4v) is 3.81. The minimum Gasteiger partial charge on any atom is -0.493 e. The second-order valence-electron chi connectivity index (χ2n) is 5.06. The van der Waals surface area contributed by atoms with Crippen LogP contribution in [0.1, 0.15) is 43.0 Å². The molecule has 0 aliphatic heterocycles. The van der Waals surface area contributed by atoms with Crippen molar-refractivity contribution in [2.45, 2.75) is 43.5 Å². The molecule has 116 valence electrons. The lowest BCUT2D eigenvalue weighted by molar-refractivity contribution is 0.0996. The topological polar surface area (TPSA) is 98.5 Å². The molecule has 0 spiro atoms. The molecule has 1 aliphatic carbocycles. The largest absolute Gasteiger partial charge is 0.493 e. The maximum absolute atomic E-state index is 12.3. The van der Waals surface area contributed by atoms with Crippen LogP contribution in [-0.2, 0) is 10.0 Å². The minimum atomic E-state index is -3.64. The summed E-state index contributed by atoms with van der Waals surface area (Å²) in [5.41, 5.74) is 5.36. The van der Waals surface area contributed by atoms with E-state index < -0.39 is 15.9 Å². The van der Waals surface area contributed by atoms with E-state index in [2.05, 4.69) is 4.72 Å². The minimum absolute atomic E-state index is 0.0291. The number of benzene rings is 1. The highest BCUT2D eigenvalue weighted by Crippen LogP contribution is 2.24. The van der Waals surface area contributed by atoms with Crippen LogP contribution < -0.4 is 15.2 Å². The van der Waals surface area contributed by atoms with Crippen LogP contribution in [0.15, 0.2) is 23.1 Å². The van der Waals surface area contributed by atoms with Crippen LogP contribution in [0.2, 0.25) is 0 Å². The average molecular weight is 312 g/mol. The first-order valence-electron chi connectivity index (χ1n) is 7.03. The van der Waals surface area contributed by atoms with E-state index in [9.17, 15) is 13.2 Å². The van der Waals surface area contributed by atoms with Crippen LogP contribution in [0.4, 0.5) is 0 Å². The number of carbonyl (C=O) groups is 1. The molecule has 0 unspecified atom stereocenters. The Labute approximate surface area is 124 Å². The molecular weight excluding hydrogens is 292 g/mol. The Balaban J connectivity index is 2.30. The fourth-order valence-electron chi connectivity index (χ4n) is 2.48. The zero-order valence-corrected chi connectivity index (χ0v) is 12.8. The summed E-state index contributed by atoms with van der Waals surface area (Å²) in [6.45, 7) is 2.14. The van der Waals surface area contributed by atoms with Gasteiger partial charge in [-0.25, -0.2) is 13.1 Å². The highest BCUT2D eigenvalue weighted by Gasteiger charge is 2.24. The summed E-state index contributed by atoms with van der Waals surface area (Å²) < 4.78 is 32.6. The number of hydrogen-bond acceptors (Lipinski definition) is 4. The Hall–Kier alpha value is -1.60. The first-order chi connectivity index (χ1) is 9.94. The number of ether oxygens (including phenoxy) is 1. The Morgan fingerprint density at radius 3 is 2.62 bits per heavy atom. The SMILES string of the molecule is CCOc1ccc(S(=O)(=O)NC2CCCC2)cc1C(N)=O. The maximum atomic E-state index is 12.3. The van der Waals surface area contributed by atoms with Crippen molar-refractivity contribution in [2.75, 3.05) is 6.61 Å². The first kappa shape index (κ1) is 15.8. The lowest BCUT2D eigenvalue weighted by Gasteiger charge is -2.14. The molecule has 1 aromatic rings. The highest BCUT2D eigenvalue weighted by atomic mass is 32.2. The number of sulfonamides is 1. The van der Waals surface area contributed by atoms with Crippen molar-refractivity contribution in [2.24, 2.45) is 5.73 Å². The van der Waals surface area contributed by atoms with Gasteiger partial charge in [0.1, 0.15) is 5.75 Å². The fraction of sp³-hybridized carbons (Fsp3) is 0.500. The smallest absolute Gasteiger partial charge is 0.252 e. The van der Waals surface area contributed by atoms with Gasteiger partial charge < -0.3 is 10.5 Å². The molecule has 3 N–H and O–H groups in total. The third-order valence-electron chi connectivity index (χ3n) is 3.50. The van der Waals surface area contributed by atoms with Crippen molar-refractivity contribution < 1.29 is 17.9 Å². The summed E-state index contributed by atoms with van der Waals surface area (Å²) in [4.78, 5) is 11.5. The van der Waals surface area contributed by atoms with E-state index in [-0.39, 0.29) is 16.5 Å². The number of carbonyl (C=O) groups excluding carboxylic acids is 1. The van der Waals surface area contributed by atoms with E-state index in [1.165, 1.54) is 18.2 Å². The van der Waals surface area contributed by atoms with Crippen molar-refractivity contribution in [3.8, 4) is 5.75 Å². The third kappa shape index (κ3) is 3.74. The predicted molar refractivity (Wildman–Crippen MR) is 78.7 cm³/mol. The summed E-state index contributed by atoms with van der Waals surface area (Å²) in [5.74, 6) is -0.416. The molecule has 21 heavy (non-hydrogen) atoms. The van der Waals surface area contributed by atoms with Gasteiger partial charge in [0.25, 0.3) is 5.91 Å². The van der Waals surface area contributed by atoms with Gasteiger partial charge in [0.15, 0.2) is 0 Å². The summed E-state index contributed by atoms with van der Waals surface area (Å²) in [7, 11) is -3.64. The molecule has 1 fully saturated rings. The van der Waals surface area contributed by atoms with Crippen molar-refractivity contribution in [1.82, 2.24) is 4.72 Å². The second kappa shape index (κ2) is 6.44. The molecule has 1 aliphatic rings. The lowest BCUT2D eigenvalue weighted by atomic mass is 10.2. The summed E-state index contributed by atoms with van der Waals surface area (Å²) >= 11 is 0. The van der Waals surface area contributed by atoms with Crippen LogP contribution in [0.5, 0.6) is 5.75 Å². The zero-order chi connectivity index (χ0) is 15.5. The van der Waals surface area contributed by atoms with Crippen molar-refractivity contribution >= 4 is 15.9 Å². The van der Waals surface area contributed by atoms with Gasteiger partial charge in [0, 0.05) is 6.04 Å². The first-order valence-corrected chi connectivity index (χ1v) is 8.51. The lowest BCUT2D eigenvalue weighted by Crippen LogP contribution is -2.32. The molecule has 0 heterocycles. The molecule has 1 amide bonds. The molecule has 0 radical (unpaired) electrons. The number of hydrogen-bond donors (Lipinski definition) is 2. The van der Waals surface area contributed by atoms with Crippen LogP contribution in [0.25, 0.3) is 0 Å². The highest BCUT2D eigenvalue weighted by molar-refractivity contribution is 7.89. The van der Waals surface area contributed by atoms with E-state index in [4.69, 9.17) is 10.5 Å². The Kier molecular flexibility index (Phi) is 4.84. The van der Waals surface area contributed by atoms with Crippen molar-refractivity contribution in [1.29, 1.82) is 0 Å². The number of primary amides is 1. The van der Waals surface area contributed by atoms with Gasteiger partial charge >= 0.3 is 0 Å². The van der Waals surface area contributed by atoms with Crippen LogP contribution in [-0.4, -0.2) is 27.0 Å². The molecular formula is C14H20N2O4S. The van der Waals surface area contributed by atoms with E-state index in [0.29, 0.717) is 12.4 Å². The van der Waals surface area contributed by atoms with Gasteiger partial charge in [-0.1, -0.05) is 12.8 Å². The van der Waals surface area contributed by atoms with E-state index in [0.717, 1.165) is 25.7 Å². The number of nitrogens with one attached hydrogen (secondary N) is 1. The van der Waals surface area contributed by atoms with Crippen molar-refractivity contribution in [3.05, 3.63) is 23.8 Å². The Morgan fingerprint density at radius 2 is 2.05 bits per heavy atom. The van der Waals surface area contributed by atoms with Crippen LogP contribution in [0.3, 0.4) is 0 Å². The van der Waals surface area contributed by atoms with Gasteiger partial charge in [-0.3, -0.25) is 4.79 Å². The number of rotatable bonds is 6.